The minimum absolute atomic E-state index is 0.0536. The summed E-state index contributed by atoms with van der Waals surface area (Å²) in [5, 5.41) is 14.9. The molecule has 3 N–H and O–H groups in total. The van der Waals surface area contributed by atoms with Crippen molar-refractivity contribution in [3.05, 3.63) is 41.7 Å². The molecule has 0 aromatic heterocycles. The molecular formula is C16H19FN2O2S. The summed E-state index contributed by atoms with van der Waals surface area (Å²) < 4.78 is 13.8. The largest absolute Gasteiger partial charge is 0.396 e. The van der Waals surface area contributed by atoms with Crippen molar-refractivity contribution in [3.8, 4) is 0 Å². The number of carbonyl (C=O) groups excluding carboxylic acids is 1. The van der Waals surface area contributed by atoms with E-state index in [0.717, 1.165) is 24.2 Å². The van der Waals surface area contributed by atoms with Crippen LogP contribution in [0.25, 0.3) is 0 Å². The fourth-order valence-electron chi connectivity index (χ4n) is 2.92. The van der Waals surface area contributed by atoms with Crippen LogP contribution >= 0.6 is 11.8 Å². The van der Waals surface area contributed by atoms with Gasteiger partial charge in [-0.25, -0.2) is 9.18 Å². The van der Waals surface area contributed by atoms with E-state index in [2.05, 4.69) is 10.6 Å². The molecule has 0 saturated carbocycles. The maximum absolute atomic E-state index is 13.8. The van der Waals surface area contributed by atoms with Crippen LogP contribution in [-0.4, -0.2) is 29.5 Å². The number of aliphatic hydroxyl groups excluding tert-OH is 1. The van der Waals surface area contributed by atoms with Crippen LogP contribution in [0.5, 0.6) is 0 Å². The average molecular weight is 322 g/mol. The van der Waals surface area contributed by atoms with E-state index in [0.29, 0.717) is 4.90 Å². The Morgan fingerprint density at radius 1 is 1.36 bits per heavy atom. The third-order valence-electron chi connectivity index (χ3n) is 4.05. The van der Waals surface area contributed by atoms with Gasteiger partial charge < -0.3 is 15.7 Å². The molecule has 118 valence electrons. The summed E-state index contributed by atoms with van der Waals surface area (Å²) in [6, 6.07) is 4.53. The highest BCUT2D eigenvalue weighted by atomic mass is 32.2. The predicted octanol–water partition coefficient (Wildman–Crippen LogP) is 2.60. The van der Waals surface area contributed by atoms with Crippen molar-refractivity contribution in [2.24, 2.45) is 5.92 Å². The first kappa shape index (κ1) is 15.4. The smallest absolute Gasteiger partial charge is 0.315 e. The summed E-state index contributed by atoms with van der Waals surface area (Å²) >= 11 is 1.50. The lowest BCUT2D eigenvalue weighted by Crippen LogP contribution is -2.43. The number of amides is 2. The molecule has 22 heavy (non-hydrogen) atoms. The van der Waals surface area contributed by atoms with Crippen LogP contribution in [0.15, 0.2) is 35.2 Å². The number of hydrogen-bond acceptors (Lipinski definition) is 3. The number of nitrogens with one attached hydrogen (secondary N) is 2. The van der Waals surface area contributed by atoms with Gasteiger partial charge in [0.2, 0.25) is 0 Å². The second-order valence-electron chi connectivity index (χ2n) is 5.64. The molecule has 3 rings (SSSR count). The zero-order valence-corrected chi connectivity index (χ0v) is 12.9. The number of thioether (sulfide) groups is 1. The van der Waals surface area contributed by atoms with Gasteiger partial charge in [-0.05, 0) is 24.5 Å². The Morgan fingerprint density at radius 3 is 3.00 bits per heavy atom. The number of fused-ring (bicyclic) bond motifs is 1. The molecule has 1 aliphatic heterocycles. The summed E-state index contributed by atoms with van der Waals surface area (Å²) in [7, 11) is 0. The van der Waals surface area contributed by atoms with Gasteiger partial charge in [-0.1, -0.05) is 24.3 Å². The highest BCUT2D eigenvalue weighted by Gasteiger charge is 2.26. The zero-order valence-electron chi connectivity index (χ0n) is 12.1. The fraction of sp³-hybridized carbons (Fsp3) is 0.438. The summed E-state index contributed by atoms with van der Waals surface area (Å²) in [4.78, 5) is 12.8. The molecule has 0 unspecified atom stereocenters. The maximum Gasteiger partial charge on any atom is 0.315 e. The van der Waals surface area contributed by atoms with Crippen molar-refractivity contribution in [1.82, 2.24) is 10.6 Å². The molecule has 0 fully saturated rings. The van der Waals surface area contributed by atoms with Crippen LogP contribution in [0.3, 0.4) is 0 Å². The van der Waals surface area contributed by atoms with Gasteiger partial charge in [0.1, 0.15) is 5.82 Å². The third kappa shape index (κ3) is 3.28. The Labute approximate surface area is 133 Å². The van der Waals surface area contributed by atoms with E-state index < -0.39 is 0 Å². The van der Waals surface area contributed by atoms with Gasteiger partial charge in [0, 0.05) is 29.2 Å². The van der Waals surface area contributed by atoms with Crippen LogP contribution in [0.2, 0.25) is 0 Å². The SMILES string of the molecule is O=C(N[C@@H]1C=C[C@H](CO)C1)N[C@H]1CCSc2c(F)cccc21. The third-order valence-corrected chi connectivity index (χ3v) is 5.21. The number of rotatable bonds is 3. The summed E-state index contributed by atoms with van der Waals surface area (Å²) in [6.07, 6.45) is 5.33. The Bertz CT molecular complexity index is 594. The van der Waals surface area contributed by atoms with Crippen LogP contribution in [-0.2, 0) is 0 Å². The van der Waals surface area contributed by atoms with Crippen molar-refractivity contribution >= 4 is 17.8 Å². The van der Waals surface area contributed by atoms with Crippen LogP contribution in [0, 0.1) is 11.7 Å². The number of urea groups is 1. The first-order valence-electron chi connectivity index (χ1n) is 7.45. The molecule has 1 aromatic carbocycles. The van der Waals surface area contributed by atoms with Gasteiger partial charge in [0.25, 0.3) is 0 Å². The van der Waals surface area contributed by atoms with Crippen molar-refractivity contribution in [1.29, 1.82) is 0 Å². The summed E-state index contributed by atoms with van der Waals surface area (Å²) in [5.74, 6) is 0.680. The molecule has 3 atom stereocenters. The molecule has 0 bridgehead atoms. The lowest BCUT2D eigenvalue weighted by atomic mass is 10.0. The van der Waals surface area contributed by atoms with E-state index >= 15 is 0 Å². The quantitative estimate of drug-likeness (QED) is 0.750. The standard InChI is InChI=1S/C16H19FN2O2S/c17-13-3-1-2-12-14(6-7-22-15(12)13)19-16(21)18-11-5-4-10(8-11)9-20/h1-5,10-11,14,20H,6-9H2,(H2,18,19,21)/t10-,11+,14-/m0/s1. The molecule has 1 heterocycles. The van der Waals surface area contributed by atoms with E-state index in [4.69, 9.17) is 5.11 Å². The number of aliphatic hydroxyl groups is 1. The Kier molecular flexibility index (Phi) is 4.69. The minimum atomic E-state index is -0.250. The normalized spacial score (nSPS) is 26.5. The first-order valence-corrected chi connectivity index (χ1v) is 8.43. The highest BCUT2D eigenvalue weighted by molar-refractivity contribution is 7.99. The van der Waals surface area contributed by atoms with Gasteiger partial charge >= 0.3 is 6.03 Å². The van der Waals surface area contributed by atoms with Gasteiger partial charge in [-0.3, -0.25) is 0 Å². The van der Waals surface area contributed by atoms with Crippen LogP contribution < -0.4 is 10.6 Å². The van der Waals surface area contributed by atoms with Gasteiger partial charge in [0.05, 0.1) is 6.04 Å². The molecule has 0 saturated heterocycles. The second-order valence-corrected chi connectivity index (χ2v) is 6.74. The highest BCUT2D eigenvalue weighted by Crippen LogP contribution is 2.37. The zero-order chi connectivity index (χ0) is 15.5. The van der Waals surface area contributed by atoms with E-state index in [-0.39, 0.29) is 36.5 Å². The molecule has 6 heteroatoms. The van der Waals surface area contributed by atoms with Gasteiger partial charge in [-0.15, -0.1) is 11.8 Å². The molecule has 4 nitrogen and oxygen atoms in total. The maximum atomic E-state index is 13.8. The average Bonchev–Trinajstić information content (AvgIpc) is 2.96. The van der Waals surface area contributed by atoms with E-state index in [1.165, 1.54) is 17.8 Å². The number of hydrogen-bond donors (Lipinski definition) is 3. The molecule has 2 amide bonds. The second kappa shape index (κ2) is 6.71. The van der Waals surface area contributed by atoms with E-state index in [1.807, 2.05) is 18.2 Å². The van der Waals surface area contributed by atoms with Crippen molar-refractivity contribution < 1.29 is 14.3 Å². The number of carbonyl (C=O) groups is 1. The van der Waals surface area contributed by atoms with E-state index in [9.17, 15) is 9.18 Å². The van der Waals surface area contributed by atoms with E-state index in [1.54, 1.807) is 6.07 Å². The monoisotopic (exact) mass is 322 g/mol. The minimum Gasteiger partial charge on any atom is -0.396 e. The van der Waals surface area contributed by atoms with Crippen molar-refractivity contribution in [2.75, 3.05) is 12.4 Å². The van der Waals surface area contributed by atoms with Gasteiger partial charge in [-0.2, -0.15) is 0 Å². The summed E-state index contributed by atoms with van der Waals surface area (Å²) in [5.41, 5.74) is 0.849. The first-order chi connectivity index (χ1) is 10.7. The molecule has 2 aliphatic rings. The van der Waals surface area contributed by atoms with Gasteiger partial charge in [0.15, 0.2) is 0 Å². The fourth-order valence-corrected chi connectivity index (χ4v) is 4.06. The molecular weight excluding hydrogens is 303 g/mol. The molecule has 1 aliphatic carbocycles. The van der Waals surface area contributed by atoms with Crippen LogP contribution in [0.4, 0.5) is 9.18 Å². The van der Waals surface area contributed by atoms with Crippen molar-refractivity contribution in [3.63, 3.8) is 0 Å². The molecule has 0 radical (unpaired) electrons. The number of halogens is 1. The van der Waals surface area contributed by atoms with Crippen molar-refractivity contribution in [2.45, 2.75) is 29.8 Å². The molecule has 0 spiro atoms. The molecule has 1 aromatic rings. The topological polar surface area (TPSA) is 61.4 Å². The Morgan fingerprint density at radius 2 is 2.23 bits per heavy atom. The number of benzene rings is 1. The predicted molar refractivity (Wildman–Crippen MR) is 84.3 cm³/mol. The lowest BCUT2D eigenvalue weighted by molar-refractivity contribution is 0.228. The lowest BCUT2D eigenvalue weighted by Gasteiger charge is -2.27. The Balaban J connectivity index is 1.61. The summed E-state index contributed by atoms with van der Waals surface area (Å²) in [6.45, 7) is 0.1000. The van der Waals surface area contributed by atoms with Crippen LogP contribution in [0.1, 0.15) is 24.4 Å². The Hall–Kier alpha value is -1.53.